The number of aryl methyl sites for hydroxylation is 8. The predicted molar refractivity (Wildman–Crippen MR) is 279 cm³/mol. The highest BCUT2D eigenvalue weighted by Crippen LogP contribution is 2.43. The summed E-state index contributed by atoms with van der Waals surface area (Å²) in [7, 11) is 0. The molecular weight excluding hydrogens is 913 g/mol. The Morgan fingerprint density at radius 2 is 0.444 bits per heavy atom. The summed E-state index contributed by atoms with van der Waals surface area (Å²) in [5.41, 5.74) is 8.63. The van der Waals surface area contributed by atoms with Gasteiger partial charge in [-0.05, 0) is 216 Å². The van der Waals surface area contributed by atoms with E-state index in [0.29, 0.717) is 23.0 Å². The molecule has 0 saturated carbocycles. The Bertz CT molecular complexity index is 2390. The molecule has 0 spiro atoms. The first-order chi connectivity index (χ1) is 33.1. The Morgan fingerprint density at radius 1 is 0.292 bits per heavy atom. The largest absolute Gasteiger partial charge is 0.514 e. The van der Waals surface area contributed by atoms with E-state index in [1.54, 1.807) is 83.1 Å². The van der Waals surface area contributed by atoms with Crippen LogP contribution < -0.4 is 18.9 Å². The summed E-state index contributed by atoms with van der Waals surface area (Å²) in [6, 6.07) is 24.6. The van der Waals surface area contributed by atoms with Crippen LogP contribution in [-0.2, 0) is 18.9 Å². The molecule has 5 aromatic rings. The van der Waals surface area contributed by atoms with Gasteiger partial charge in [0.2, 0.25) is 0 Å². The van der Waals surface area contributed by atoms with Crippen molar-refractivity contribution in [2.75, 3.05) is 0 Å². The summed E-state index contributed by atoms with van der Waals surface area (Å²) in [6.07, 6.45) is -3.16. The van der Waals surface area contributed by atoms with E-state index in [-0.39, 0.29) is 11.8 Å². The van der Waals surface area contributed by atoms with Gasteiger partial charge in [0.1, 0.15) is 45.4 Å². The molecule has 386 valence electrons. The molecule has 0 aliphatic rings. The minimum absolute atomic E-state index is 0.346. The molecule has 0 saturated heterocycles. The number of hydrogen-bond acceptors (Lipinski definition) is 12. The third-order valence-corrected chi connectivity index (χ3v) is 11.2. The standard InChI is InChI=1S/C60H74O12/c1-33-25-43(26-34(2)49(33)65-53(61)69-57(9,10)11)47(44-27-35(3)50(36(4)28-44)66-54(62)70-58(12,13)14)41-21-23-42(24-22-41)48(45-29-37(5)51(38(6)30-45)67-55(63)71-59(15,16)17)46-31-39(7)52(40(8)32-46)68-56(64)72-60(18,19)20/h21-32,47-48H,1-20H3. The first-order valence-electron chi connectivity index (χ1n) is 24.3. The molecule has 0 atom stereocenters. The predicted octanol–water partition coefficient (Wildman–Crippen LogP) is 15.8. The molecule has 12 nitrogen and oxygen atoms in total. The number of ether oxygens (including phenoxy) is 8. The lowest BCUT2D eigenvalue weighted by Gasteiger charge is -2.26. The lowest BCUT2D eigenvalue weighted by atomic mass is 9.79. The normalized spacial score (nSPS) is 12.1. The van der Waals surface area contributed by atoms with Gasteiger partial charge in [0.05, 0.1) is 0 Å². The zero-order chi connectivity index (χ0) is 54.0. The number of rotatable bonds is 10. The third-order valence-electron chi connectivity index (χ3n) is 11.2. The zero-order valence-electron chi connectivity index (χ0n) is 46.0. The molecule has 12 heteroatoms. The summed E-state index contributed by atoms with van der Waals surface area (Å²) in [4.78, 5) is 51.6. The van der Waals surface area contributed by atoms with Crippen LogP contribution in [0.4, 0.5) is 19.2 Å². The summed E-state index contributed by atoms with van der Waals surface area (Å²) < 4.78 is 45.2. The fraction of sp³-hybridized carbons (Fsp3) is 0.433. The van der Waals surface area contributed by atoms with E-state index in [9.17, 15) is 19.2 Å². The average Bonchev–Trinajstić information content (AvgIpc) is 3.19. The van der Waals surface area contributed by atoms with Gasteiger partial charge < -0.3 is 37.9 Å². The average molecular weight is 987 g/mol. The van der Waals surface area contributed by atoms with E-state index >= 15 is 0 Å². The lowest BCUT2D eigenvalue weighted by Crippen LogP contribution is -2.26. The Balaban J connectivity index is 1.69. The fourth-order valence-corrected chi connectivity index (χ4v) is 8.70. The van der Waals surface area contributed by atoms with E-state index in [0.717, 1.165) is 77.9 Å². The van der Waals surface area contributed by atoms with E-state index in [1.807, 2.05) is 104 Å². The highest BCUT2D eigenvalue weighted by Gasteiger charge is 2.29. The quantitative estimate of drug-likeness (QED) is 0.0569. The number of carbonyl (C=O) groups is 4. The fourth-order valence-electron chi connectivity index (χ4n) is 8.70. The van der Waals surface area contributed by atoms with Gasteiger partial charge in [-0.15, -0.1) is 0 Å². The van der Waals surface area contributed by atoms with E-state index < -0.39 is 47.0 Å². The monoisotopic (exact) mass is 987 g/mol. The topological polar surface area (TPSA) is 142 Å². The SMILES string of the molecule is Cc1cc(C(c2ccc(C(c3cc(C)c(OC(=O)OC(C)(C)C)c(C)c3)c3cc(C)c(OC(=O)OC(C)(C)C)c(C)c3)cc2)c2cc(C)c(OC(=O)OC(C)(C)C)c(C)c2)cc(C)c1OC(=O)OC(C)(C)C. The van der Waals surface area contributed by atoms with E-state index in [2.05, 4.69) is 24.3 Å². The molecule has 0 radical (unpaired) electrons. The van der Waals surface area contributed by atoms with Crippen molar-refractivity contribution in [2.24, 2.45) is 0 Å². The molecule has 0 unspecified atom stereocenters. The van der Waals surface area contributed by atoms with Crippen LogP contribution in [0.2, 0.25) is 0 Å². The summed E-state index contributed by atoms with van der Waals surface area (Å²) >= 11 is 0. The van der Waals surface area contributed by atoms with Crippen molar-refractivity contribution in [3.63, 3.8) is 0 Å². The van der Waals surface area contributed by atoms with Gasteiger partial charge in [0.25, 0.3) is 0 Å². The lowest BCUT2D eigenvalue weighted by molar-refractivity contribution is 0.0190. The molecule has 0 aliphatic heterocycles. The molecule has 0 aliphatic carbocycles. The highest BCUT2D eigenvalue weighted by atomic mass is 16.7. The maximum Gasteiger partial charge on any atom is 0.514 e. The maximum absolute atomic E-state index is 12.9. The molecule has 0 fully saturated rings. The highest BCUT2D eigenvalue weighted by molar-refractivity contribution is 5.69. The molecular formula is C60H74O12. The number of benzene rings is 5. The maximum atomic E-state index is 12.9. The first-order valence-corrected chi connectivity index (χ1v) is 24.3. The van der Waals surface area contributed by atoms with Crippen LogP contribution in [0.5, 0.6) is 23.0 Å². The Labute approximate surface area is 426 Å². The summed E-state index contributed by atoms with van der Waals surface area (Å²) in [5, 5.41) is 0. The van der Waals surface area contributed by atoms with E-state index in [1.165, 1.54) is 0 Å². The molecule has 0 aromatic heterocycles. The van der Waals surface area contributed by atoms with Crippen molar-refractivity contribution in [1.82, 2.24) is 0 Å². The molecule has 5 aromatic carbocycles. The molecule has 5 rings (SSSR count). The minimum atomic E-state index is -0.791. The minimum Gasteiger partial charge on any atom is -0.428 e. The van der Waals surface area contributed by atoms with Crippen molar-refractivity contribution < 1.29 is 57.1 Å². The van der Waals surface area contributed by atoms with Crippen LogP contribution in [0, 0.1) is 55.4 Å². The van der Waals surface area contributed by atoms with Crippen molar-refractivity contribution in [3.8, 4) is 23.0 Å². The van der Waals surface area contributed by atoms with Gasteiger partial charge in [0, 0.05) is 11.8 Å². The van der Waals surface area contributed by atoms with Gasteiger partial charge >= 0.3 is 24.6 Å². The molecule has 72 heavy (non-hydrogen) atoms. The molecule has 0 bridgehead atoms. The second-order valence-corrected chi connectivity index (χ2v) is 22.7. The van der Waals surface area contributed by atoms with Crippen LogP contribution in [0.15, 0.2) is 72.8 Å². The second kappa shape index (κ2) is 21.5. The van der Waals surface area contributed by atoms with Crippen molar-refractivity contribution in [1.29, 1.82) is 0 Å². The van der Waals surface area contributed by atoms with Crippen molar-refractivity contribution >= 4 is 24.6 Å². The zero-order valence-corrected chi connectivity index (χ0v) is 46.0. The van der Waals surface area contributed by atoms with Crippen LogP contribution in [0.25, 0.3) is 0 Å². The van der Waals surface area contributed by atoms with E-state index in [4.69, 9.17) is 37.9 Å². The van der Waals surface area contributed by atoms with Crippen LogP contribution in [0.1, 0.15) is 173 Å². The summed E-state index contributed by atoms with van der Waals surface area (Å²) in [5.74, 6) is 0.973. The Morgan fingerprint density at radius 3 is 0.583 bits per heavy atom. The number of carbonyl (C=O) groups excluding carboxylic acids is 4. The molecule has 0 heterocycles. The van der Waals surface area contributed by atoms with Gasteiger partial charge in [-0.25, -0.2) is 19.2 Å². The van der Waals surface area contributed by atoms with Gasteiger partial charge in [-0.2, -0.15) is 0 Å². The molecule has 0 N–H and O–H groups in total. The van der Waals surface area contributed by atoms with Crippen LogP contribution in [-0.4, -0.2) is 47.0 Å². The third kappa shape index (κ3) is 15.1. The second-order valence-electron chi connectivity index (χ2n) is 22.7. The van der Waals surface area contributed by atoms with Crippen molar-refractivity contribution in [3.05, 3.63) is 151 Å². The van der Waals surface area contributed by atoms with Crippen LogP contribution >= 0.6 is 0 Å². The van der Waals surface area contributed by atoms with Gasteiger partial charge in [-0.1, -0.05) is 72.8 Å². The van der Waals surface area contributed by atoms with Crippen molar-refractivity contribution in [2.45, 2.75) is 173 Å². The number of hydrogen-bond donors (Lipinski definition) is 0. The Hall–Kier alpha value is -6.82. The van der Waals surface area contributed by atoms with Crippen LogP contribution in [0.3, 0.4) is 0 Å². The summed E-state index contributed by atoms with van der Waals surface area (Å²) in [6.45, 7) is 36.6. The Kier molecular flexibility index (Phi) is 16.7. The molecule has 0 amide bonds. The van der Waals surface area contributed by atoms with Gasteiger partial charge in [-0.3, -0.25) is 0 Å². The smallest absolute Gasteiger partial charge is 0.428 e. The first kappa shape index (κ1) is 56.1. The van der Waals surface area contributed by atoms with Gasteiger partial charge in [0.15, 0.2) is 0 Å².